The molecule has 0 aromatic carbocycles. The van der Waals surface area contributed by atoms with Crippen LogP contribution in [0.15, 0.2) is 18.5 Å². The van der Waals surface area contributed by atoms with Crippen LogP contribution < -0.4 is 5.32 Å². The third-order valence-electron chi connectivity index (χ3n) is 1.81. The first-order chi connectivity index (χ1) is 7.83. The topological polar surface area (TPSA) is 73.3 Å². The predicted octanol–water partition coefficient (Wildman–Crippen LogP) is 1.45. The number of rotatable bonds is 6. The quantitative estimate of drug-likeness (QED) is 0.583. The molecule has 0 bridgehead atoms. The number of aromatic nitrogens is 2. The first kappa shape index (κ1) is 12.2. The van der Waals surface area contributed by atoms with E-state index in [0.717, 1.165) is 19.4 Å². The van der Waals surface area contributed by atoms with Gasteiger partial charge in [0.05, 0.1) is 13.7 Å². The number of unbranched alkanes of at least 4 members (excludes halogenated alkanes) is 1. The lowest BCUT2D eigenvalue weighted by molar-refractivity contribution is 0.0716. The van der Waals surface area contributed by atoms with Crippen molar-refractivity contribution in [2.45, 2.75) is 12.8 Å². The molecule has 0 saturated carbocycles. The van der Waals surface area contributed by atoms with Crippen LogP contribution in [0.2, 0.25) is 0 Å². The van der Waals surface area contributed by atoms with Gasteiger partial charge in [-0.1, -0.05) is 0 Å². The van der Waals surface area contributed by atoms with E-state index in [1.807, 2.05) is 0 Å². The van der Waals surface area contributed by atoms with Crippen molar-refractivity contribution >= 4 is 12.1 Å². The first-order valence-corrected chi connectivity index (χ1v) is 5.04. The molecule has 0 unspecified atom stereocenters. The Morgan fingerprint density at radius 3 is 2.81 bits per heavy atom. The molecule has 6 heteroatoms. The Kier molecular flexibility index (Phi) is 5.68. The van der Waals surface area contributed by atoms with Crippen molar-refractivity contribution in [2.24, 2.45) is 0 Å². The van der Waals surface area contributed by atoms with Gasteiger partial charge in [0.1, 0.15) is 0 Å². The van der Waals surface area contributed by atoms with Gasteiger partial charge in [0.15, 0.2) is 0 Å². The molecule has 16 heavy (non-hydrogen) atoms. The zero-order valence-corrected chi connectivity index (χ0v) is 9.18. The van der Waals surface area contributed by atoms with E-state index >= 15 is 0 Å². The predicted molar refractivity (Wildman–Crippen MR) is 58.1 cm³/mol. The second kappa shape index (κ2) is 7.44. The summed E-state index contributed by atoms with van der Waals surface area (Å²) < 4.78 is 9.05. The molecule has 0 aliphatic rings. The van der Waals surface area contributed by atoms with Gasteiger partial charge in [-0.2, -0.15) is 0 Å². The van der Waals surface area contributed by atoms with Crippen molar-refractivity contribution in [1.82, 2.24) is 9.97 Å². The minimum Gasteiger partial charge on any atom is -0.438 e. The van der Waals surface area contributed by atoms with E-state index in [4.69, 9.17) is 4.74 Å². The summed E-state index contributed by atoms with van der Waals surface area (Å²) in [7, 11) is 1.29. The third kappa shape index (κ3) is 5.14. The molecule has 0 aliphatic carbocycles. The van der Waals surface area contributed by atoms with Crippen LogP contribution in [0.1, 0.15) is 12.8 Å². The molecule has 0 spiro atoms. The van der Waals surface area contributed by atoms with Crippen molar-refractivity contribution in [3.63, 3.8) is 0 Å². The third-order valence-corrected chi connectivity index (χ3v) is 1.81. The number of ether oxygens (including phenoxy) is 2. The SMILES string of the molecule is COC(=O)OCCCCNc1ncccn1. The van der Waals surface area contributed by atoms with Crippen LogP contribution in [0.4, 0.5) is 10.7 Å². The molecule has 0 fully saturated rings. The van der Waals surface area contributed by atoms with Crippen LogP contribution in [0, 0.1) is 0 Å². The van der Waals surface area contributed by atoms with Gasteiger partial charge in [-0.15, -0.1) is 0 Å². The molecule has 88 valence electrons. The lowest BCUT2D eigenvalue weighted by atomic mass is 10.3. The van der Waals surface area contributed by atoms with E-state index in [1.165, 1.54) is 7.11 Å². The first-order valence-electron chi connectivity index (χ1n) is 5.04. The second-order valence-corrected chi connectivity index (χ2v) is 3.01. The van der Waals surface area contributed by atoms with E-state index in [1.54, 1.807) is 18.5 Å². The molecule has 0 aliphatic heterocycles. The summed E-state index contributed by atoms with van der Waals surface area (Å²) in [5, 5.41) is 3.05. The summed E-state index contributed by atoms with van der Waals surface area (Å²) in [6, 6.07) is 1.76. The molecule has 0 amide bonds. The standard InChI is InChI=1S/C10H15N3O3/c1-15-10(14)16-8-3-2-5-11-9-12-6-4-7-13-9/h4,6-7H,2-3,5,8H2,1H3,(H,11,12,13). The average molecular weight is 225 g/mol. The number of nitrogens with one attached hydrogen (secondary N) is 1. The lowest BCUT2D eigenvalue weighted by Crippen LogP contribution is -2.08. The summed E-state index contributed by atoms with van der Waals surface area (Å²) in [6.45, 7) is 1.11. The fourth-order valence-electron chi connectivity index (χ4n) is 1.03. The number of methoxy groups -OCH3 is 1. The van der Waals surface area contributed by atoms with Crippen LogP contribution in [-0.2, 0) is 9.47 Å². The van der Waals surface area contributed by atoms with E-state index < -0.39 is 6.16 Å². The Labute approximate surface area is 94.0 Å². The molecule has 6 nitrogen and oxygen atoms in total. The Morgan fingerprint density at radius 2 is 2.12 bits per heavy atom. The maximum atomic E-state index is 10.6. The highest BCUT2D eigenvalue weighted by Crippen LogP contribution is 1.96. The van der Waals surface area contributed by atoms with Crippen LogP contribution in [0.5, 0.6) is 0 Å². The fourth-order valence-corrected chi connectivity index (χ4v) is 1.03. The molecular weight excluding hydrogens is 210 g/mol. The van der Waals surface area contributed by atoms with Crippen molar-refractivity contribution in [3.05, 3.63) is 18.5 Å². The summed E-state index contributed by atoms with van der Waals surface area (Å²) in [4.78, 5) is 18.6. The summed E-state index contributed by atoms with van der Waals surface area (Å²) >= 11 is 0. The van der Waals surface area contributed by atoms with E-state index in [-0.39, 0.29) is 0 Å². The fraction of sp³-hybridized carbons (Fsp3) is 0.500. The van der Waals surface area contributed by atoms with Gasteiger partial charge in [0.25, 0.3) is 0 Å². The van der Waals surface area contributed by atoms with E-state index in [9.17, 15) is 4.79 Å². The van der Waals surface area contributed by atoms with Crippen molar-refractivity contribution < 1.29 is 14.3 Å². The van der Waals surface area contributed by atoms with Gasteiger partial charge in [0.2, 0.25) is 5.95 Å². The Morgan fingerprint density at radius 1 is 1.38 bits per heavy atom. The monoisotopic (exact) mass is 225 g/mol. The Hall–Kier alpha value is -1.85. The maximum Gasteiger partial charge on any atom is 0.507 e. The molecule has 1 heterocycles. The number of carbonyl (C=O) groups is 1. The Bertz CT molecular complexity index is 305. The highest BCUT2D eigenvalue weighted by atomic mass is 16.7. The highest BCUT2D eigenvalue weighted by molar-refractivity contribution is 5.59. The number of hydrogen-bond acceptors (Lipinski definition) is 6. The molecule has 1 aromatic rings. The molecule has 0 atom stereocenters. The second-order valence-electron chi connectivity index (χ2n) is 3.01. The number of carbonyl (C=O) groups excluding carboxylic acids is 1. The zero-order valence-electron chi connectivity index (χ0n) is 9.18. The largest absolute Gasteiger partial charge is 0.507 e. The van der Waals surface area contributed by atoms with Gasteiger partial charge >= 0.3 is 6.16 Å². The highest BCUT2D eigenvalue weighted by Gasteiger charge is 1.99. The minimum atomic E-state index is -0.639. The van der Waals surface area contributed by atoms with Gasteiger partial charge in [-0.25, -0.2) is 14.8 Å². The zero-order chi connectivity index (χ0) is 11.6. The summed E-state index contributed by atoms with van der Waals surface area (Å²) in [5.74, 6) is 0.608. The van der Waals surface area contributed by atoms with Crippen molar-refractivity contribution in [2.75, 3.05) is 25.6 Å². The molecule has 1 aromatic heterocycles. The van der Waals surface area contributed by atoms with Crippen LogP contribution in [-0.4, -0.2) is 36.4 Å². The smallest absolute Gasteiger partial charge is 0.438 e. The van der Waals surface area contributed by atoms with Gasteiger partial charge in [-0.3, -0.25) is 0 Å². The number of anilines is 1. The lowest BCUT2D eigenvalue weighted by Gasteiger charge is -2.04. The van der Waals surface area contributed by atoms with Crippen LogP contribution >= 0.6 is 0 Å². The van der Waals surface area contributed by atoms with E-state index in [2.05, 4.69) is 20.0 Å². The van der Waals surface area contributed by atoms with Crippen molar-refractivity contribution in [3.8, 4) is 0 Å². The molecule has 1 N–H and O–H groups in total. The Balaban J connectivity index is 1.98. The van der Waals surface area contributed by atoms with Crippen molar-refractivity contribution in [1.29, 1.82) is 0 Å². The minimum absolute atomic E-state index is 0.365. The summed E-state index contributed by atoms with van der Waals surface area (Å²) in [5.41, 5.74) is 0. The molecular formula is C10H15N3O3. The van der Waals surface area contributed by atoms with Crippen LogP contribution in [0.3, 0.4) is 0 Å². The number of nitrogens with zero attached hydrogens (tertiary/aromatic N) is 2. The maximum absolute atomic E-state index is 10.6. The van der Waals surface area contributed by atoms with Gasteiger partial charge in [0, 0.05) is 18.9 Å². The van der Waals surface area contributed by atoms with Crippen LogP contribution in [0.25, 0.3) is 0 Å². The van der Waals surface area contributed by atoms with Gasteiger partial charge < -0.3 is 14.8 Å². The normalized spacial score (nSPS) is 9.56. The summed E-state index contributed by atoms with van der Waals surface area (Å²) in [6.07, 6.45) is 4.36. The van der Waals surface area contributed by atoms with E-state index in [0.29, 0.717) is 12.6 Å². The molecule has 0 saturated heterocycles. The molecule has 0 radical (unpaired) electrons. The number of hydrogen-bond donors (Lipinski definition) is 1. The molecule has 1 rings (SSSR count). The van der Waals surface area contributed by atoms with Gasteiger partial charge in [-0.05, 0) is 18.9 Å². The average Bonchev–Trinajstić information content (AvgIpc) is 2.34.